The summed E-state index contributed by atoms with van der Waals surface area (Å²) >= 11 is 5.49. The molecule has 3 fully saturated rings. The van der Waals surface area contributed by atoms with Crippen molar-refractivity contribution in [2.75, 3.05) is 118 Å². The number of rotatable bonds is 20. The first kappa shape index (κ1) is 74.1. The minimum atomic E-state index is -0.762. The quantitative estimate of drug-likeness (QED) is 0.0635. The highest BCUT2D eigenvalue weighted by Gasteiger charge is 2.23. The van der Waals surface area contributed by atoms with E-state index in [4.69, 9.17) is 54.6 Å². The Labute approximate surface area is 497 Å². The standard InChI is InChI=1S/2C20H29NO5.C14H19ClO2.C6H11NO3.2ClH/c2*1-14(2)16-6-5-7-17(15(3)4)20(16)26-19(23)13-25-18(22)12-21-8-10-24-11-9-21;1-9(2)11-6-5-7-12(10(3)4)14(11)17-13(16)8-15;8-6(9)5-7-1-3-10-4-2-7;;/h2*5-7,14-15H,8-13H2,1-4H3;5-7,9-10H,8H2,1-4H3;1-5H2,(H,8,9);2*1H. The van der Waals surface area contributed by atoms with Crippen molar-refractivity contribution in [3.05, 3.63) is 88.0 Å². The van der Waals surface area contributed by atoms with E-state index in [1.807, 2.05) is 69.3 Å². The smallest absolute Gasteiger partial charge is 0.349 e. The van der Waals surface area contributed by atoms with Gasteiger partial charge in [-0.05, 0) is 68.9 Å². The van der Waals surface area contributed by atoms with Crippen molar-refractivity contribution in [1.82, 2.24) is 14.7 Å². The van der Waals surface area contributed by atoms with Crippen LogP contribution in [0.5, 0.6) is 17.2 Å². The molecular formula is C60H90Cl3N3O15. The monoisotopic (exact) mass is 1200 g/mol. The van der Waals surface area contributed by atoms with E-state index in [1.54, 1.807) is 0 Å². The Morgan fingerprint density at radius 2 is 0.654 bits per heavy atom. The van der Waals surface area contributed by atoms with Gasteiger partial charge in [0, 0.05) is 39.3 Å². The lowest BCUT2D eigenvalue weighted by Gasteiger charge is -2.25. The molecule has 0 atom stereocenters. The molecule has 3 aliphatic rings. The number of hydrogen-bond acceptors (Lipinski definition) is 17. The zero-order chi connectivity index (χ0) is 58.6. The number of halogens is 3. The predicted molar refractivity (Wildman–Crippen MR) is 317 cm³/mol. The van der Waals surface area contributed by atoms with Crippen LogP contribution in [-0.4, -0.2) is 173 Å². The molecule has 1 N–H and O–H groups in total. The maximum atomic E-state index is 12.2. The van der Waals surface area contributed by atoms with Crippen LogP contribution in [0.1, 0.15) is 152 Å². The number of benzene rings is 3. The molecule has 6 rings (SSSR count). The number of nitrogens with zero attached hydrogens (tertiary/aromatic N) is 3. The average molecular weight is 1200 g/mol. The highest BCUT2D eigenvalue weighted by molar-refractivity contribution is 6.26. The number of morpholine rings is 3. The molecule has 3 aliphatic heterocycles. The van der Waals surface area contributed by atoms with E-state index in [9.17, 15) is 28.8 Å². The van der Waals surface area contributed by atoms with Crippen molar-refractivity contribution in [1.29, 1.82) is 0 Å². The van der Waals surface area contributed by atoms with Crippen molar-refractivity contribution >= 4 is 72.2 Å². The Kier molecular flexibility index (Phi) is 36.2. The number of para-hydroxylation sites is 3. The predicted octanol–water partition coefficient (Wildman–Crippen LogP) is 9.75. The Balaban J connectivity index is 0.000000562. The summed E-state index contributed by atoms with van der Waals surface area (Å²) < 4.78 is 42.2. The third-order valence-electron chi connectivity index (χ3n) is 12.8. The molecule has 0 radical (unpaired) electrons. The number of alkyl halides is 1. The highest BCUT2D eigenvalue weighted by atomic mass is 35.5. The minimum Gasteiger partial charge on any atom is -0.480 e. The van der Waals surface area contributed by atoms with Gasteiger partial charge in [-0.25, -0.2) is 9.59 Å². The van der Waals surface area contributed by atoms with E-state index in [-0.39, 0.29) is 87.2 Å². The first-order valence-corrected chi connectivity index (χ1v) is 28.1. The lowest BCUT2D eigenvalue weighted by Crippen LogP contribution is -2.40. The average Bonchev–Trinajstić information content (AvgIpc) is 3.41. The van der Waals surface area contributed by atoms with Crippen LogP contribution in [0.4, 0.5) is 0 Å². The number of hydrogen-bond donors (Lipinski definition) is 1. The van der Waals surface area contributed by atoms with Crippen LogP contribution in [0.3, 0.4) is 0 Å². The molecule has 21 heteroatoms. The third-order valence-corrected chi connectivity index (χ3v) is 13.0. The lowest BCUT2D eigenvalue weighted by molar-refractivity contribution is -0.155. The van der Waals surface area contributed by atoms with Crippen LogP contribution in [0.2, 0.25) is 0 Å². The fourth-order valence-corrected chi connectivity index (χ4v) is 8.49. The van der Waals surface area contributed by atoms with Crippen molar-refractivity contribution in [2.24, 2.45) is 0 Å². The van der Waals surface area contributed by atoms with Gasteiger partial charge in [-0.1, -0.05) is 138 Å². The number of carboxylic acids is 1. The van der Waals surface area contributed by atoms with Gasteiger partial charge in [0.25, 0.3) is 0 Å². The molecule has 81 heavy (non-hydrogen) atoms. The topological polar surface area (TPSA) is 206 Å². The lowest BCUT2D eigenvalue weighted by atomic mass is 9.94. The summed E-state index contributed by atoms with van der Waals surface area (Å²) in [5, 5.41) is 8.38. The van der Waals surface area contributed by atoms with Gasteiger partial charge in [0.1, 0.15) is 23.1 Å². The molecular weight excluding hydrogens is 1110 g/mol. The Hall–Kier alpha value is -4.89. The van der Waals surface area contributed by atoms with E-state index in [0.717, 1.165) is 46.5 Å². The molecule has 0 bridgehead atoms. The van der Waals surface area contributed by atoms with Crippen LogP contribution in [0, 0.1) is 0 Å². The molecule has 0 aliphatic carbocycles. The second kappa shape index (κ2) is 39.6. The molecule has 0 amide bonds. The molecule has 0 spiro atoms. The molecule has 0 aromatic heterocycles. The van der Waals surface area contributed by atoms with Crippen molar-refractivity contribution in [3.63, 3.8) is 0 Å². The number of carbonyl (C=O) groups is 6. The number of aliphatic carboxylic acids is 1. The second-order valence-corrected chi connectivity index (χ2v) is 21.4. The SMILES string of the molecule is CC(C)c1cccc(C(C)C)c1OC(=O)CCl.CC(C)c1cccc(C(C)C)c1OC(=O)COC(=O)CN1CCOCC1.CC(C)c1cccc(C(C)C)c1OC(=O)COC(=O)CN1CCOCC1.Cl.Cl.O=C(O)CN1CCOCC1. The molecule has 0 saturated carbocycles. The van der Waals surface area contributed by atoms with Gasteiger partial charge in [-0.15, -0.1) is 36.4 Å². The van der Waals surface area contributed by atoms with Gasteiger partial charge in [0.05, 0.1) is 59.3 Å². The first-order chi connectivity index (χ1) is 37.5. The molecule has 456 valence electrons. The largest absolute Gasteiger partial charge is 0.480 e. The number of esters is 5. The fraction of sp³-hybridized carbons (Fsp3) is 0.600. The summed E-state index contributed by atoms with van der Waals surface area (Å²) in [7, 11) is 0. The van der Waals surface area contributed by atoms with Crippen LogP contribution < -0.4 is 14.2 Å². The Bertz CT molecular complexity index is 2200. The number of carbonyl (C=O) groups excluding carboxylic acids is 5. The van der Waals surface area contributed by atoms with Crippen molar-refractivity contribution in [2.45, 2.75) is 119 Å². The third kappa shape index (κ3) is 27.4. The van der Waals surface area contributed by atoms with Crippen LogP contribution in [0.15, 0.2) is 54.6 Å². The van der Waals surface area contributed by atoms with Crippen molar-refractivity contribution in [3.8, 4) is 17.2 Å². The van der Waals surface area contributed by atoms with E-state index < -0.39 is 35.8 Å². The zero-order valence-corrected chi connectivity index (χ0v) is 52.0. The van der Waals surface area contributed by atoms with Gasteiger partial charge in [-0.2, -0.15) is 0 Å². The first-order valence-electron chi connectivity index (χ1n) is 27.5. The number of ether oxygens (including phenoxy) is 8. The van der Waals surface area contributed by atoms with Crippen LogP contribution >= 0.6 is 36.4 Å². The summed E-state index contributed by atoms with van der Waals surface area (Å²) in [6, 6.07) is 17.8. The number of carboxylic acid groups (broad SMARTS) is 1. The maximum absolute atomic E-state index is 12.2. The molecule has 0 unspecified atom stereocenters. The van der Waals surface area contributed by atoms with Gasteiger partial charge in [0.2, 0.25) is 0 Å². The van der Waals surface area contributed by atoms with Gasteiger partial charge in [0.15, 0.2) is 13.2 Å². The molecule has 18 nitrogen and oxygen atoms in total. The summed E-state index contributed by atoms with van der Waals surface area (Å²) in [6.45, 7) is 32.5. The summed E-state index contributed by atoms with van der Waals surface area (Å²) in [5.41, 5.74) is 6.01. The second-order valence-electron chi connectivity index (χ2n) is 21.2. The van der Waals surface area contributed by atoms with Gasteiger partial charge >= 0.3 is 35.8 Å². The van der Waals surface area contributed by atoms with Crippen molar-refractivity contribution < 1.29 is 71.8 Å². The molecule has 3 aromatic carbocycles. The molecule has 3 saturated heterocycles. The van der Waals surface area contributed by atoms with Crippen LogP contribution in [-0.2, 0) is 52.5 Å². The van der Waals surface area contributed by atoms with Crippen LogP contribution in [0.25, 0.3) is 0 Å². The normalized spacial score (nSPS) is 14.7. The fourth-order valence-electron chi connectivity index (χ4n) is 8.43. The Morgan fingerprint density at radius 1 is 0.420 bits per heavy atom. The van der Waals surface area contributed by atoms with Gasteiger partial charge in [-0.3, -0.25) is 33.9 Å². The molecule has 3 heterocycles. The summed E-state index contributed by atoms with van der Waals surface area (Å²) in [5.74, 6) is 0.121. The molecule has 3 aromatic rings. The maximum Gasteiger partial charge on any atom is 0.349 e. The van der Waals surface area contributed by atoms with Gasteiger partial charge < -0.3 is 43.0 Å². The van der Waals surface area contributed by atoms with E-state index in [1.165, 1.54) is 0 Å². The Morgan fingerprint density at radius 3 is 0.877 bits per heavy atom. The highest BCUT2D eigenvalue weighted by Crippen LogP contribution is 2.37. The van der Waals surface area contributed by atoms with E-state index >= 15 is 0 Å². The van der Waals surface area contributed by atoms with E-state index in [0.29, 0.717) is 94.9 Å². The van der Waals surface area contributed by atoms with E-state index in [2.05, 4.69) is 83.1 Å². The minimum absolute atomic E-state index is 0. The summed E-state index contributed by atoms with van der Waals surface area (Å²) in [4.78, 5) is 75.6. The summed E-state index contributed by atoms with van der Waals surface area (Å²) in [6.07, 6.45) is 0. The zero-order valence-electron chi connectivity index (χ0n) is 49.6.